The van der Waals surface area contributed by atoms with Crippen LogP contribution in [0, 0.1) is 0 Å². The van der Waals surface area contributed by atoms with Gasteiger partial charge in [-0.2, -0.15) is 0 Å². The molecule has 0 spiro atoms. The van der Waals surface area contributed by atoms with Crippen LogP contribution in [-0.4, -0.2) is 28.0 Å². The Morgan fingerprint density at radius 3 is 1.12 bits per heavy atom. The van der Waals surface area contributed by atoms with Crippen LogP contribution >= 0.6 is 11.8 Å². The van der Waals surface area contributed by atoms with Crippen LogP contribution in [0.15, 0.2) is 113 Å². The zero-order valence-electron chi connectivity index (χ0n) is 36.3. The van der Waals surface area contributed by atoms with Gasteiger partial charge in [0.05, 0.1) is 0 Å². The van der Waals surface area contributed by atoms with E-state index in [1.807, 2.05) is 6.07 Å². The summed E-state index contributed by atoms with van der Waals surface area (Å²) in [7, 11) is 0. The maximum absolute atomic E-state index is 6.51. The zero-order chi connectivity index (χ0) is 41.3. The highest BCUT2D eigenvalue weighted by atomic mass is 32.2. The molecule has 5 aromatic rings. The Morgan fingerprint density at radius 1 is 0.339 bits per heavy atom. The normalized spacial score (nSPS) is 12.6. The SMILES string of the molecule is CC(C)(C)Oc1ccc(-c2ccc(Sc3ccc(OC(C)(C)C)c(OC(C)(C)C)c3)c(-c3ccc(OC(C)(C)C)cc3)c2-c2ccc(OC(C)(C)C)cc2)cc1. The van der Waals surface area contributed by atoms with Gasteiger partial charge in [-0.05, 0) is 192 Å². The molecule has 0 saturated heterocycles. The number of ether oxygens (including phenoxy) is 5. The summed E-state index contributed by atoms with van der Waals surface area (Å²) < 4.78 is 31.6. The molecule has 0 aliphatic rings. The van der Waals surface area contributed by atoms with E-state index in [-0.39, 0.29) is 22.4 Å². The van der Waals surface area contributed by atoms with Crippen LogP contribution < -0.4 is 23.7 Å². The largest absolute Gasteiger partial charge is 0.488 e. The van der Waals surface area contributed by atoms with Crippen molar-refractivity contribution >= 4 is 11.8 Å². The Balaban J connectivity index is 1.75. The van der Waals surface area contributed by atoms with Crippen molar-refractivity contribution in [2.45, 2.75) is 142 Å². The Labute approximate surface area is 341 Å². The maximum Gasteiger partial charge on any atom is 0.163 e. The Bertz CT molecular complexity index is 2080. The molecule has 56 heavy (non-hydrogen) atoms. The van der Waals surface area contributed by atoms with Crippen LogP contribution in [0.2, 0.25) is 0 Å². The van der Waals surface area contributed by atoms with E-state index in [0.29, 0.717) is 5.75 Å². The molecule has 0 bridgehead atoms. The zero-order valence-corrected chi connectivity index (χ0v) is 37.1. The molecule has 0 atom stereocenters. The highest BCUT2D eigenvalue weighted by molar-refractivity contribution is 7.99. The predicted octanol–water partition coefficient (Wildman–Crippen LogP) is 14.7. The molecule has 0 aliphatic carbocycles. The summed E-state index contributed by atoms with van der Waals surface area (Å²) in [5.41, 5.74) is 4.86. The average Bonchev–Trinajstić information content (AvgIpc) is 3.04. The second-order valence-electron chi connectivity index (χ2n) is 19.2. The molecule has 0 saturated carbocycles. The number of hydrogen-bond acceptors (Lipinski definition) is 6. The molecular formula is C50H62O5S. The maximum atomic E-state index is 6.51. The van der Waals surface area contributed by atoms with Crippen molar-refractivity contribution in [2.24, 2.45) is 0 Å². The Morgan fingerprint density at radius 2 is 0.714 bits per heavy atom. The van der Waals surface area contributed by atoms with E-state index in [1.54, 1.807) is 11.8 Å². The molecule has 0 heterocycles. The van der Waals surface area contributed by atoms with Crippen molar-refractivity contribution in [3.8, 4) is 62.1 Å². The highest BCUT2D eigenvalue weighted by Gasteiger charge is 2.24. The van der Waals surface area contributed by atoms with Gasteiger partial charge in [0.1, 0.15) is 45.3 Å². The summed E-state index contributed by atoms with van der Waals surface area (Å²) in [6.45, 7) is 30.9. The van der Waals surface area contributed by atoms with Crippen molar-refractivity contribution in [3.05, 3.63) is 103 Å². The van der Waals surface area contributed by atoms with E-state index in [1.165, 1.54) is 0 Å². The van der Waals surface area contributed by atoms with Crippen molar-refractivity contribution in [2.75, 3.05) is 0 Å². The topological polar surface area (TPSA) is 46.2 Å². The van der Waals surface area contributed by atoms with Gasteiger partial charge in [-0.15, -0.1) is 0 Å². The van der Waals surface area contributed by atoms with Gasteiger partial charge in [0.15, 0.2) is 11.5 Å². The fraction of sp³-hybridized carbons (Fsp3) is 0.400. The first-order valence-corrected chi connectivity index (χ1v) is 20.4. The van der Waals surface area contributed by atoms with E-state index in [2.05, 4.69) is 201 Å². The van der Waals surface area contributed by atoms with Crippen LogP contribution in [0.4, 0.5) is 0 Å². The lowest BCUT2D eigenvalue weighted by atomic mass is 9.87. The minimum Gasteiger partial charge on any atom is -0.488 e. The number of hydrogen-bond donors (Lipinski definition) is 0. The molecular weight excluding hydrogens is 713 g/mol. The third-order valence-electron chi connectivity index (χ3n) is 7.87. The van der Waals surface area contributed by atoms with E-state index in [9.17, 15) is 0 Å². The van der Waals surface area contributed by atoms with E-state index in [4.69, 9.17) is 23.7 Å². The van der Waals surface area contributed by atoms with Gasteiger partial charge in [0, 0.05) is 15.4 Å². The first-order valence-electron chi connectivity index (χ1n) is 19.6. The van der Waals surface area contributed by atoms with E-state index in [0.717, 1.165) is 66.2 Å². The molecule has 5 rings (SSSR count). The van der Waals surface area contributed by atoms with Crippen LogP contribution in [0.3, 0.4) is 0 Å². The molecule has 0 fully saturated rings. The summed E-state index contributed by atoms with van der Waals surface area (Å²) in [4.78, 5) is 2.14. The number of rotatable bonds is 10. The van der Waals surface area contributed by atoms with Gasteiger partial charge in [-0.1, -0.05) is 54.2 Å². The molecule has 6 heteroatoms. The summed E-state index contributed by atoms with van der Waals surface area (Å²) >= 11 is 1.71. The fourth-order valence-electron chi connectivity index (χ4n) is 6.14. The predicted molar refractivity (Wildman–Crippen MR) is 235 cm³/mol. The highest BCUT2D eigenvalue weighted by Crippen LogP contribution is 2.49. The third kappa shape index (κ3) is 12.5. The second kappa shape index (κ2) is 16.1. The van der Waals surface area contributed by atoms with Crippen molar-refractivity contribution in [1.29, 1.82) is 0 Å². The van der Waals surface area contributed by atoms with Gasteiger partial charge in [-0.25, -0.2) is 0 Å². The Hall–Kier alpha value is -4.55. The fourth-order valence-corrected chi connectivity index (χ4v) is 7.15. The first-order chi connectivity index (χ1) is 25.8. The molecule has 0 amide bonds. The second-order valence-corrected chi connectivity index (χ2v) is 20.3. The standard InChI is InChI=1S/C50H62O5S/c1-46(2,3)51-36-22-16-33(17-23-36)40-29-31-43(56-39-28-30-41(54-49(10,11)12)42(32-39)55-50(13,14)15)45(35-20-26-38(27-21-35)53-48(7,8)9)44(40)34-18-24-37(25-19-34)52-47(4,5)6/h16-32H,1-15H3. The third-order valence-corrected chi connectivity index (χ3v) is 8.92. The molecule has 0 aromatic heterocycles. The van der Waals surface area contributed by atoms with Crippen LogP contribution in [0.25, 0.3) is 33.4 Å². The molecule has 0 unspecified atom stereocenters. The van der Waals surface area contributed by atoms with Gasteiger partial charge >= 0.3 is 0 Å². The summed E-state index contributed by atoms with van der Waals surface area (Å²) in [6, 6.07) is 36.1. The number of benzene rings is 5. The Kier molecular flexibility index (Phi) is 12.3. The van der Waals surface area contributed by atoms with Crippen molar-refractivity contribution < 1.29 is 23.7 Å². The van der Waals surface area contributed by atoms with Gasteiger partial charge in [0.2, 0.25) is 0 Å². The van der Waals surface area contributed by atoms with Gasteiger partial charge in [-0.3, -0.25) is 0 Å². The monoisotopic (exact) mass is 774 g/mol. The summed E-state index contributed by atoms with van der Waals surface area (Å²) in [6.07, 6.45) is 0. The van der Waals surface area contributed by atoms with Crippen LogP contribution in [-0.2, 0) is 0 Å². The lowest BCUT2D eigenvalue weighted by Gasteiger charge is -2.27. The molecule has 5 aromatic carbocycles. The smallest absolute Gasteiger partial charge is 0.163 e. The molecule has 0 aliphatic heterocycles. The van der Waals surface area contributed by atoms with Crippen molar-refractivity contribution in [3.63, 3.8) is 0 Å². The average molecular weight is 775 g/mol. The van der Waals surface area contributed by atoms with Gasteiger partial charge < -0.3 is 23.7 Å². The minimum atomic E-state index is -0.410. The van der Waals surface area contributed by atoms with E-state index >= 15 is 0 Å². The van der Waals surface area contributed by atoms with Crippen LogP contribution in [0.1, 0.15) is 104 Å². The molecule has 5 nitrogen and oxygen atoms in total. The summed E-state index contributed by atoms with van der Waals surface area (Å²) in [5.74, 6) is 3.92. The minimum absolute atomic E-state index is 0.298. The quantitative estimate of drug-likeness (QED) is 0.141. The summed E-state index contributed by atoms with van der Waals surface area (Å²) in [5, 5.41) is 0. The lowest BCUT2D eigenvalue weighted by molar-refractivity contribution is 0.0954. The molecule has 298 valence electrons. The molecule has 0 N–H and O–H groups in total. The lowest BCUT2D eigenvalue weighted by Crippen LogP contribution is -2.26. The van der Waals surface area contributed by atoms with E-state index < -0.39 is 5.60 Å². The first kappa shape index (κ1) is 42.6. The van der Waals surface area contributed by atoms with Gasteiger partial charge in [0.25, 0.3) is 0 Å². The van der Waals surface area contributed by atoms with Crippen LogP contribution in [0.5, 0.6) is 28.7 Å². The molecule has 0 radical (unpaired) electrons. The van der Waals surface area contributed by atoms with Crippen molar-refractivity contribution in [1.82, 2.24) is 0 Å².